The van der Waals surface area contributed by atoms with Crippen LogP contribution in [0.5, 0.6) is 0 Å². The molecule has 1 amide bonds. The summed E-state index contributed by atoms with van der Waals surface area (Å²) in [4.78, 5) is 34.7. The van der Waals surface area contributed by atoms with E-state index < -0.39 is 17.8 Å². The summed E-state index contributed by atoms with van der Waals surface area (Å²) in [5.74, 6) is -2.10. The number of carbonyl (C=O) groups is 3. The molecule has 0 aliphatic heterocycles. The van der Waals surface area contributed by atoms with E-state index in [4.69, 9.17) is 10.8 Å². The molecule has 0 saturated carbocycles. The number of primary amides is 1. The SMILES string of the molecule is Cc1ccc(C(=O)CC(CC(C)C)C(N)=O)cc1C(=O)O. The monoisotopic (exact) mass is 291 g/mol. The predicted octanol–water partition coefficient (Wildman–Crippen LogP) is 2.41. The highest BCUT2D eigenvalue weighted by molar-refractivity contribution is 6.01. The normalized spacial score (nSPS) is 12.2. The first-order valence-electron chi connectivity index (χ1n) is 6.88. The summed E-state index contributed by atoms with van der Waals surface area (Å²) in [7, 11) is 0. The van der Waals surface area contributed by atoms with Crippen molar-refractivity contribution in [1.82, 2.24) is 0 Å². The van der Waals surface area contributed by atoms with Gasteiger partial charge >= 0.3 is 5.97 Å². The number of aromatic carboxylic acids is 1. The van der Waals surface area contributed by atoms with Gasteiger partial charge in [0.2, 0.25) is 5.91 Å². The van der Waals surface area contributed by atoms with Gasteiger partial charge in [0.15, 0.2) is 5.78 Å². The standard InChI is InChI=1S/C16H21NO4/c1-9(2)6-12(15(17)19)8-14(18)11-5-4-10(3)13(7-11)16(20)21/h4-5,7,9,12H,6,8H2,1-3H3,(H2,17,19)(H,20,21). The molecule has 1 atom stereocenters. The first kappa shape index (κ1) is 16.9. The molecule has 3 N–H and O–H groups in total. The largest absolute Gasteiger partial charge is 0.478 e. The first-order valence-corrected chi connectivity index (χ1v) is 6.88. The number of benzene rings is 1. The summed E-state index contributed by atoms with van der Waals surface area (Å²) in [6, 6.07) is 4.53. The maximum atomic E-state index is 12.2. The quantitative estimate of drug-likeness (QED) is 0.754. The van der Waals surface area contributed by atoms with E-state index >= 15 is 0 Å². The summed E-state index contributed by atoms with van der Waals surface area (Å²) in [5, 5.41) is 9.08. The first-order chi connectivity index (χ1) is 9.72. The number of ketones is 1. The van der Waals surface area contributed by atoms with E-state index in [9.17, 15) is 14.4 Å². The topological polar surface area (TPSA) is 97.5 Å². The molecule has 0 saturated heterocycles. The van der Waals surface area contributed by atoms with Gasteiger partial charge in [-0.3, -0.25) is 9.59 Å². The number of hydrogen-bond donors (Lipinski definition) is 2. The van der Waals surface area contributed by atoms with E-state index in [2.05, 4.69) is 0 Å². The Hall–Kier alpha value is -2.17. The number of hydrogen-bond acceptors (Lipinski definition) is 3. The number of rotatable bonds is 7. The molecule has 114 valence electrons. The third kappa shape index (κ3) is 4.70. The van der Waals surface area contributed by atoms with Gasteiger partial charge < -0.3 is 10.8 Å². The van der Waals surface area contributed by atoms with Crippen LogP contribution >= 0.6 is 0 Å². The molecule has 0 heterocycles. The third-order valence-electron chi connectivity index (χ3n) is 3.38. The Morgan fingerprint density at radius 3 is 2.33 bits per heavy atom. The van der Waals surface area contributed by atoms with Crippen molar-refractivity contribution in [2.45, 2.75) is 33.6 Å². The van der Waals surface area contributed by atoms with Crippen molar-refractivity contribution in [1.29, 1.82) is 0 Å². The van der Waals surface area contributed by atoms with Crippen LogP contribution in [0.15, 0.2) is 18.2 Å². The zero-order valence-electron chi connectivity index (χ0n) is 12.6. The second-order valence-corrected chi connectivity index (χ2v) is 5.69. The van der Waals surface area contributed by atoms with E-state index in [-0.39, 0.29) is 23.7 Å². The minimum atomic E-state index is -1.07. The molecule has 1 rings (SSSR count). The number of carboxylic acids is 1. The lowest BCUT2D eigenvalue weighted by molar-refractivity contribution is -0.122. The van der Waals surface area contributed by atoms with E-state index in [0.717, 1.165) is 0 Å². The zero-order chi connectivity index (χ0) is 16.2. The number of amides is 1. The minimum absolute atomic E-state index is 0.00956. The molecule has 5 nitrogen and oxygen atoms in total. The van der Waals surface area contributed by atoms with Gasteiger partial charge in [0.05, 0.1) is 5.56 Å². The van der Waals surface area contributed by atoms with Crippen LogP contribution in [0, 0.1) is 18.8 Å². The minimum Gasteiger partial charge on any atom is -0.478 e. The van der Waals surface area contributed by atoms with E-state index in [1.54, 1.807) is 19.1 Å². The highest BCUT2D eigenvalue weighted by Crippen LogP contribution is 2.19. The molecule has 0 aliphatic carbocycles. The molecule has 1 unspecified atom stereocenters. The zero-order valence-corrected chi connectivity index (χ0v) is 12.6. The maximum absolute atomic E-state index is 12.2. The number of Topliss-reactive ketones (excluding diaryl/α,β-unsaturated/α-hetero) is 1. The highest BCUT2D eigenvalue weighted by Gasteiger charge is 2.22. The molecule has 0 aliphatic rings. The molecular formula is C16H21NO4. The molecular weight excluding hydrogens is 270 g/mol. The molecule has 0 fully saturated rings. The van der Waals surface area contributed by atoms with Crippen molar-refractivity contribution in [3.63, 3.8) is 0 Å². The fourth-order valence-corrected chi connectivity index (χ4v) is 2.24. The van der Waals surface area contributed by atoms with Gasteiger partial charge in [0.25, 0.3) is 0 Å². The van der Waals surface area contributed by atoms with Gasteiger partial charge in [0.1, 0.15) is 0 Å². The number of aryl methyl sites for hydroxylation is 1. The number of nitrogens with two attached hydrogens (primary N) is 1. The summed E-state index contributed by atoms with van der Waals surface area (Å²) in [6.07, 6.45) is 0.550. The van der Waals surface area contributed by atoms with E-state index in [0.29, 0.717) is 17.5 Å². The van der Waals surface area contributed by atoms with Crippen molar-refractivity contribution in [2.24, 2.45) is 17.6 Å². The second-order valence-electron chi connectivity index (χ2n) is 5.69. The highest BCUT2D eigenvalue weighted by atomic mass is 16.4. The summed E-state index contributed by atoms with van der Waals surface area (Å²) >= 11 is 0. The van der Waals surface area contributed by atoms with Crippen LogP contribution in [0.25, 0.3) is 0 Å². The lowest BCUT2D eigenvalue weighted by Gasteiger charge is -2.15. The number of carbonyl (C=O) groups excluding carboxylic acids is 2. The van der Waals surface area contributed by atoms with Crippen LogP contribution in [0.3, 0.4) is 0 Å². The van der Waals surface area contributed by atoms with Crippen molar-refractivity contribution in [3.05, 3.63) is 34.9 Å². The summed E-state index contributed by atoms with van der Waals surface area (Å²) in [5.41, 5.74) is 6.32. The molecule has 0 bridgehead atoms. The van der Waals surface area contributed by atoms with Gasteiger partial charge in [-0.05, 0) is 30.9 Å². The Bertz CT molecular complexity index is 563. The summed E-state index contributed by atoms with van der Waals surface area (Å²) < 4.78 is 0. The Morgan fingerprint density at radius 2 is 1.86 bits per heavy atom. The molecule has 5 heteroatoms. The Kier molecular flexibility index (Phi) is 5.64. The second kappa shape index (κ2) is 7.02. The van der Waals surface area contributed by atoms with Crippen molar-refractivity contribution >= 4 is 17.7 Å². The molecule has 0 spiro atoms. The van der Waals surface area contributed by atoms with Crippen molar-refractivity contribution < 1.29 is 19.5 Å². The summed E-state index contributed by atoms with van der Waals surface area (Å²) in [6.45, 7) is 5.58. The molecule has 0 aromatic heterocycles. The average molecular weight is 291 g/mol. The van der Waals surface area contributed by atoms with Gasteiger partial charge in [-0.1, -0.05) is 26.0 Å². The van der Waals surface area contributed by atoms with E-state index in [1.165, 1.54) is 6.07 Å². The van der Waals surface area contributed by atoms with Crippen molar-refractivity contribution in [2.75, 3.05) is 0 Å². The molecule has 21 heavy (non-hydrogen) atoms. The number of carboxylic acid groups (broad SMARTS) is 1. The van der Waals surface area contributed by atoms with Gasteiger partial charge in [-0.2, -0.15) is 0 Å². The predicted molar refractivity (Wildman–Crippen MR) is 79.2 cm³/mol. The fraction of sp³-hybridized carbons (Fsp3) is 0.438. The van der Waals surface area contributed by atoms with Crippen LogP contribution in [0.4, 0.5) is 0 Å². The van der Waals surface area contributed by atoms with Crippen LogP contribution in [0.2, 0.25) is 0 Å². The maximum Gasteiger partial charge on any atom is 0.335 e. The Morgan fingerprint density at radius 1 is 1.24 bits per heavy atom. The lowest BCUT2D eigenvalue weighted by atomic mass is 9.89. The van der Waals surface area contributed by atoms with E-state index in [1.807, 2.05) is 13.8 Å². The third-order valence-corrected chi connectivity index (χ3v) is 3.38. The molecule has 0 radical (unpaired) electrons. The van der Waals surface area contributed by atoms with Crippen molar-refractivity contribution in [3.8, 4) is 0 Å². The van der Waals surface area contributed by atoms with Crippen LogP contribution in [0.1, 0.15) is 53.0 Å². The lowest BCUT2D eigenvalue weighted by Crippen LogP contribution is -2.27. The molecule has 1 aromatic carbocycles. The Balaban J connectivity index is 2.95. The van der Waals surface area contributed by atoms with Gasteiger partial charge in [0, 0.05) is 17.9 Å². The average Bonchev–Trinajstić information content (AvgIpc) is 2.37. The van der Waals surface area contributed by atoms with Gasteiger partial charge in [-0.15, -0.1) is 0 Å². The van der Waals surface area contributed by atoms with Crippen LogP contribution < -0.4 is 5.73 Å². The fourth-order valence-electron chi connectivity index (χ4n) is 2.24. The Labute approximate surface area is 124 Å². The van der Waals surface area contributed by atoms with Gasteiger partial charge in [-0.25, -0.2) is 4.79 Å². The van der Waals surface area contributed by atoms with Crippen LogP contribution in [-0.2, 0) is 4.79 Å². The smallest absolute Gasteiger partial charge is 0.335 e. The molecule has 1 aromatic rings. The van der Waals surface area contributed by atoms with Crippen LogP contribution in [-0.4, -0.2) is 22.8 Å².